The van der Waals surface area contributed by atoms with Gasteiger partial charge in [-0.15, -0.1) is 11.8 Å². The van der Waals surface area contributed by atoms with Gasteiger partial charge in [-0.1, -0.05) is 24.3 Å². The van der Waals surface area contributed by atoms with Crippen molar-refractivity contribution >= 4 is 33.6 Å². The third kappa shape index (κ3) is 3.91. The molecular formula is C18H18N2O4S2. The summed E-state index contributed by atoms with van der Waals surface area (Å²) in [6.45, 7) is 1.71. The number of carbonyl (C=O) groups is 1. The second-order valence-electron chi connectivity index (χ2n) is 5.71. The van der Waals surface area contributed by atoms with Gasteiger partial charge in [0.1, 0.15) is 18.5 Å². The van der Waals surface area contributed by atoms with Crippen LogP contribution in [0.25, 0.3) is 0 Å². The first-order valence-electron chi connectivity index (χ1n) is 7.90. The number of esters is 1. The lowest BCUT2D eigenvalue weighted by atomic mass is 10.2. The third-order valence-electron chi connectivity index (χ3n) is 3.87. The number of nitrogens with zero attached hydrogens (tertiary/aromatic N) is 1. The number of hydrogen-bond acceptors (Lipinski definition) is 6. The second kappa shape index (κ2) is 7.51. The number of amidine groups is 1. The van der Waals surface area contributed by atoms with Crippen LogP contribution in [-0.2, 0) is 26.2 Å². The maximum absolute atomic E-state index is 12.2. The Kier molecular flexibility index (Phi) is 5.33. The first-order chi connectivity index (χ1) is 12.4. The second-order valence-corrected chi connectivity index (χ2v) is 8.24. The lowest BCUT2D eigenvalue weighted by molar-refractivity contribution is -0.146. The minimum absolute atomic E-state index is 0.144. The predicted molar refractivity (Wildman–Crippen MR) is 101 cm³/mol. The number of thioether (sulfide) groups is 1. The molecule has 0 amide bonds. The molecule has 2 aromatic carbocycles. The number of nitrogens with one attached hydrogen (secondary N) is 1. The molecule has 0 aromatic heterocycles. The zero-order valence-electron chi connectivity index (χ0n) is 14.3. The molecule has 0 unspecified atom stereocenters. The van der Waals surface area contributed by atoms with Crippen LogP contribution < -0.4 is 4.72 Å². The summed E-state index contributed by atoms with van der Waals surface area (Å²) in [4.78, 5) is 17.7. The van der Waals surface area contributed by atoms with Crippen LogP contribution in [-0.4, -0.2) is 32.5 Å². The summed E-state index contributed by atoms with van der Waals surface area (Å²) < 4.78 is 31.8. The van der Waals surface area contributed by atoms with Gasteiger partial charge in [0.25, 0.3) is 10.0 Å². The number of sulfonamides is 1. The van der Waals surface area contributed by atoms with E-state index in [4.69, 9.17) is 4.74 Å². The van der Waals surface area contributed by atoms with Crippen molar-refractivity contribution in [1.82, 2.24) is 4.72 Å². The monoisotopic (exact) mass is 390 g/mol. The number of ether oxygens (including phenoxy) is 1. The normalized spacial score (nSPS) is 17.4. The van der Waals surface area contributed by atoms with Crippen molar-refractivity contribution in [2.75, 3.05) is 6.26 Å². The average Bonchev–Trinajstić information content (AvgIpc) is 2.90. The van der Waals surface area contributed by atoms with Crippen molar-refractivity contribution in [2.24, 2.45) is 4.99 Å². The van der Waals surface area contributed by atoms with E-state index in [-0.39, 0.29) is 17.3 Å². The Morgan fingerprint density at radius 1 is 1.19 bits per heavy atom. The molecule has 6 nitrogen and oxygen atoms in total. The van der Waals surface area contributed by atoms with Crippen molar-refractivity contribution in [2.45, 2.75) is 29.4 Å². The SMILES string of the molecule is CSc1ccc(COC(=O)[C@@H](C)N=C2NS(=O)(=O)c3ccccc32)cc1. The van der Waals surface area contributed by atoms with Gasteiger partial charge in [-0.3, -0.25) is 9.71 Å². The average molecular weight is 390 g/mol. The van der Waals surface area contributed by atoms with E-state index in [9.17, 15) is 13.2 Å². The number of hydrogen-bond donors (Lipinski definition) is 1. The minimum atomic E-state index is -3.62. The summed E-state index contributed by atoms with van der Waals surface area (Å²) in [5.41, 5.74) is 1.34. The molecule has 0 saturated heterocycles. The van der Waals surface area contributed by atoms with Gasteiger partial charge in [0.2, 0.25) is 0 Å². The lowest BCUT2D eigenvalue weighted by Crippen LogP contribution is -2.26. The third-order valence-corrected chi connectivity index (χ3v) is 6.01. The highest BCUT2D eigenvalue weighted by molar-refractivity contribution is 7.98. The fourth-order valence-electron chi connectivity index (χ4n) is 2.47. The van der Waals surface area contributed by atoms with Crippen LogP contribution in [0, 0.1) is 0 Å². The lowest BCUT2D eigenvalue weighted by Gasteiger charge is -2.09. The van der Waals surface area contributed by atoms with Crippen LogP contribution in [0.5, 0.6) is 0 Å². The van der Waals surface area contributed by atoms with Crippen LogP contribution in [0.15, 0.2) is 63.3 Å². The van der Waals surface area contributed by atoms with Crippen LogP contribution in [0.4, 0.5) is 0 Å². The summed E-state index contributed by atoms with van der Waals surface area (Å²) in [6.07, 6.45) is 1.99. The first-order valence-corrected chi connectivity index (χ1v) is 10.6. The molecule has 1 atom stereocenters. The molecule has 8 heteroatoms. The van der Waals surface area contributed by atoms with Gasteiger partial charge in [-0.05, 0) is 43.0 Å². The van der Waals surface area contributed by atoms with Crippen LogP contribution in [0.3, 0.4) is 0 Å². The van der Waals surface area contributed by atoms with Crippen LogP contribution >= 0.6 is 11.8 Å². The van der Waals surface area contributed by atoms with E-state index in [0.29, 0.717) is 5.56 Å². The van der Waals surface area contributed by atoms with Crippen molar-refractivity contribution < 1.29 is 17.9 Å². The molecule has 1 aliphatic heterocycles. The van der Waals surface area contributed by atoms with Gasteiger partial charge in [-0.25, -0.2) is 13.2 Å². The molecule has 3 rings (SSSR count). The Morgan fingerprint density at radius 3 is 2.58 bits per heavy atom. The predicted octanol–water partition coefficient (Wildman–Crippen LogP) is 2.58. The highest BCUT2D eigenvalue weighted by Crippen LogP contribution is 2.22. The molecule has 0 bridgehead atoms. The fourth-order valence-corrected chi connectivity index (χ4v) is 4.12. The van der Waals surface area contributed by atoms with E-state index in [0.717, 1.165) is 10.5 Å². The molecule has 0 radical (unpaired) electrons. The summed E-state index contributed by atoms with van der Waals surface area (Å²) >= 11 is 1.64. The number of rotatable bonds is 5. The van der Waals surface area contributed by atoms with E-state index in [2.05, 4.69) is 9.71 Å². The smallest absolute Gasteiger partial charge is 0.330 e. The highest BCUT2D eigenvalue weighted by atomic mass is 32.2. The molecule has 0 fully saturated rings. The molecule has 1 aliphatic rings. The fraction of sp³-hybridized carbons (Fsp3) is 0.222. The molecule has 1 N–H and O–H groups in total. The number of fused-ring (bicyclic) bond motifs is 1. The van der Waals surface area contributed by atoms with Crippen molar-refractivity contribution in [3.63, 3.8) is 0 Å². The first kappa shape index (κ1) is 18.5. The summed E-state index contributed by atoms with van der Waals surface area (Å²) in [6, 6.07) is 13.4. The van der Waals surface area contributed by atoms with Gasteiger partial charge in [-0.2, -0.15) is 0 Å². The Hall–Kier alpha value is -2.32. The van der Waals surface area contributed by atoms with Gasteiger partial charge in [0, 0.05) is 10.5 Å². The standard InChI is InChI=1S/C18H18N2O4S2/c1-12(18(21)24-11-13-7-9-14(25-2)10-8-13)19-17-15-5-3-4-6-16(15)26(22,23)20-17/h3-10,12H,11H2,1-2H3,(H,19,20)/t12-/m1/s1. The van der Waals surface area contributed by atoms with Gasteiger partial charge in [0.15, 0.2) is 0 Å². The van der Waals surface area contributed by atoms with Gasteiger partial charge >= 0.3 is 5.97 Å². The van der Waals surface area contributed by atoms with E-state index in [1.54, 1.807) is 36.9 Å². The Morgan fingerprint density at radius 2 is 1.88 bits per heavy atom. The maximum Gasteiger partial charge on any atom is 0.330 e. The maximum atomic E-state index is 12.2. The molecular weight excluding hydrogens is 372 g/mol. The molecule has 1 heterocycles. The molecule has 0 saturated carbocycles. The van der Waals surface area contributed by atoms with Gasteiger partial charge in [0.05, 0.1) is 4.90 Å². The van der Waals surface area contributed by atoms with E-state index in [1.807, 2.05) is 30.5 Å². The molecule has 2 aromatic rings. The van der Waals surface area contributed by atoms with Crippen molar-refractivity contribution in [3.05, 3.63) is 59.7 Å². The Labute approximate surface area is 156 Å². The molecule has 0 aliphatic carbocycles. The van der Waals surface area contributed by atoms with Gasteiger partial charge < -0.3 is 4.74 Å². The van der Waals surface area contributed by atoms with E-state index >= 15 is 0 Å². The van der Waals surface area contributed by atoms with Crippen LogP contribution in [0.2, 0.25) is 0 Å². The van der Waals surface area contributed by atoms with E-state index < -0.39 is 22.0 Å². The Bertz CT molecular complexity index is 953. The Balaban J connectivity index is 1.68. The molecule has 26 heavy (non-hydrogen) atoms. The minimum Gasteiger partial charge on any atom is -0.459 e. The van der Waals surface area contributed by atoms with Crippen LogP contribution in [0.1, 0.15) is 18.1 Å². The topological polar surface area (TPSA) is 84.8 Å². The highest BCUT2D eigenvalue weighted by Gasteiger charge is 2.31. The van der Waals surface area contributed by atoms with Crippen molar-refractivity contribution in [3.8, 4) is 0 Å². The van der Waals surface area contributed by atoms with Crippen molar-refractivity contribution in [1.29, 1.82) is 0 Å². The molecule has 0 spiro atoms. The molecule has 136 valence electrons. The number of benzene rings is 2. The zero-order valence-corrected chi connectivity index (χ0v) is 15.9. The number of carbonyl (C=O) groups excluding carboxylic acids is 1. The summed E-state index contributed by atoms with van der Waals surface area (Å²) in [5, 5.41) is 0. The van der Waals surface area contributed by atoms with E-state index in [1.165, 1.54) is 6.07 Å². The number of aliphatic imine (C=N–C) groups is 1. The summed E-state index contributed by atoms with van der Waals surface area (Å²) in [7, 11) is -3.62. The largest absolute Gasteiger partial charge is 0.459 e. The zero-order chi connectivity index (χ0) is 18.7. The summed E-state index contributed by atoms with van der Waals surface area (Å²) in [5.74, 6) is -0.357. The quantitative estimate of drug-likeness (QED) is 0.627.